The minimum Gasteiger partial charge on any atom is -0.465 e. The molecule has 4 nitrogen and oxygen atoms in total. The fraction of sp³-hybridized carbons (Fsp3) is 0.143. The number of fused-ring (bicyclic) bond motifs is 1. The van der Waals surface area contributed by atoms with Crippen molar-refractivity contribution in [3.8, 4) is 0 Å². The van der Waals surface area contributed by atoms with E-state index in [1.54, 1.807) is 0 Å². The number of rotatable bonds is 2. The number of benzene rings is 2. The van der Waals surface area contributed by atoms with E-state index in [-0.39, 0.29) is 11.1 Å². The van der Waals surface area contributed by atoms with E-state index in [1.165, 1.54) is 44.6 Å². The van der Waals surface area contributed by atoms with Crippen molar-refractivity contribution in [2.24, 2.45) is 0 Å². The molecule has 2 aromatic rings. The molecule has 0 radical (unpaired) electrons. The van der Waals surface area contributed by atoms with Crippen LogP contribution in [0.5, 0.6) is 0 Å². The predicted molar refractivity (Wildman–Crippen MR) is 66.6 cm³/mol. The maximum absolute atomic E-state index is 13.2. The maximum atomic E-state index is 13.2. The molecule has 0 unspecified atom stereocenters. The van der Waals surface area contributed by atoms with E-state index in [0.29, 0.717) is 10.8 Å². The van der Waals surface area contributed by atoms with Crippen LogP contribution in [0.3, 0.4) is 0 Å². The summed E-state index contributed by atoms with van der Waals surface area (Å²) < 4.78 is 22.4. The van der Waals surface area contributed by atoms with Crippen molar-refractivity contribution < 1.29 is 23.5 Å². The highest BCUT2D eigenvalue weighted by Gasteiger charge is 2.19. The van der Waals surface area contributed by atoms with Crippen LogP contribution >= 0.6 is 0 Å². The van der Waals surface area contributed by atoms with E-state index in [1.807, 2.05) is 0 Å². The molecule has 0 saturated heterocycles. The fourth-order valence-corrected chi connectivity index (χ4v) is 1.83. The first-order valence-electron chi connectivity index (χ1n) is 5.46. The normalized spacial score (nSPS) is 10.3. The number of carbonyl (C=O) groups excluding carboxylic acids is 2. The quantitative estimate of drug-likeness (QED) is 0.780. The summed E-state index contributed by atoms with van der Waals surface area (Å²) in [6, 6.07) is 6.98. The van der Waals surface area contributed by atoms with Crippen molar-refractivity contribution in [1.29, 1.82) is 0 Å². The van der Waals surface area contributed by atoms with E-state index in [2.05, 4.69) is 9.47 Å². The van der Waals surface area contributed by atoms with Crippen LogP contribution in [-0.4, -0.2) is 26.2 Å². The topological polar surface area (TPSA) is 52.6 Å². The van der Waals surface area contributed by atoms with Crippen LogP contribution in [0.15, 0.2) is 30.3 Å². The Balaban J connectivity index is 2.73. The van der Waals surface area contributed by atoms with Crippen molar-refractivity contribution >= 4 is 22.7 Å². The van der Waals surface area contributed by atoms with Gasteiger partial charge < -0.3 is 9.47 Å². The lowest BCUT2D eigenvalue weighted by atomic mass is 10.0. The van der Waals surface area contributed by atoms with Gasteiger partial charge in [0.15, 0.2) is 0 Å². The lowest BCUT2D eigenvalue weighted by molar-refractivity contribution is 0.0555. The zero-order chi connectivity index (χ0) is 14.0. The van der Waals surface area contributed by atoms with Crippen LogP contribution in [-0.2, 0) is 9.47 Å². The Morgan fingerprint density at radius 3 is 1.95 bits per heavy atom. The van der Waals surface area contributed by atoms with Gasteiger partial charge in [-0.2, -0.15) is 0 Å². The third kappa shape index (κ3) is 2.40. The minimum atomic E-state index is -0.674. The molecule has 2 aromatic carbocycles. The fourth-order valence-electron chi connectivity index (χ4n) is 1.83. The van der Waals surface area contributed by atoms with Crippen molar-refractivity contribution in [2.45, 2.75) is 0 Å². The number of methoxy groups -OCH3 is 2. The molecule has 0 spiro atoms. The van der Waals surface area contributed by atoms with E-state index in [4.69, 9.17) is 0 Å². The largest absolute Gasteiger partial charge is 0.465 e. The molecular formula is C14H11FO4. The van der Waals surface area contributed by atoms with E-state index in [0.717, 1.165) is 0 Å². The number of ether oxygens (including phenoxy) is 2. The lowest BCUT2D eigenvalue weighted by Gasteiger charge is -2.08. The van der Waals surface area contributed by atoms with E-state index < -0.39 is 17.8 Å². The molecule has 19 heavy (non-hydrogen) atoms. The molecule has 0 heterocycles. The smallest absolute Gasteiger partial charge is 0.338 e. The molecule has 0 aromatic heterocycles. The molecule has 0 fully saturated rings. The van der Waals surface area contributed by atoms with Gasteiger partial charge in [-0.1, -0.05) is 6.07 Å². The zero-order valence-corrected chi connectivity index (χ0v) is 10.4. The van der Waals surface area contributed by atoms with Crippen LogP contribution in [0, 0.1) is 5.82 Å². The second kappa shape index (κ2) is 5.06. The molecule has 0 atom stereocenters. The Morgan fingerprint density at radius 2 is 1.42 bits per heavy atom. The van der Waals surface area contributed by atoms with Crippen LogP contribution in [0.2, 0.25) is 0 Å². The number of esters is 2. The maximum Gasteiger partial charge on any atom is 0.338 e. The van der Waals surface area contributed by atoms with Crippen LogP contribution in [0.25, 0.3) is 10.8 Å². The second-order valence-electron chi connectivity index (χ2n) is 3.87. The number of hydrogen-bond acceptors (Lipinski definition) is 4. The average molecular weight is 262 g/mol. The first-order chi connectivity index (χ1) is 9.06. The molecule has 2 rings (SSSR count). The second-order valence-corrected chi connectivity index (χ2v) is 3.87. The van der Waals surface area contributed by atoms with Gasteiger partial charge in [-0.3, -0.25) is 0 Å². The molecule has 0 aliphatic heterocycles. The Labute approximate surface area is 108 Å². The van der Waals surface area contributed by atoms with Gasteiger partial charge in [-0.15, -0.1) is 0 Å². The molecule has 98 valence electrons. The lowest BCUT2D eigenvalue weighted by Crippen LogP contribution is -2.11. The Bertz CT molecular complexity index is 664. The molecule has 5 heteroatoms. The van der Waals surface area contributed by atoms with Gasteiger partial charge in [0.25, 0.3) is 0 Å². The molecule has 0 amide bonds. The highest BCUT2D eigenvalue weighted by Crippen LogP contribution is 2.22. The van der Waals surface area contributed by atoms with E-state index >= 15 is 0 Å². The summed E-state index contributed by atoms with van der Waals surface area (Å²) in [5, 5.41) is 1.14. The summed E-state index contributed by atoms with van der Waals surface area (Å²) in [4.78, 5) is 23.3. The summed E-state index contributed by atoms with van der Waals surface area (Å²) in [5.74, 6) is -1.74. The molecule has 0 bridgehead atoms. The number of halogens is 1. The van der Waals surface area contributed by atoms with Gasteiger partial charge in [0, 0.05) is 0 Å². The van der Waals surface area contributed by atoms with Crippen molar-refractivity contribution in [3.05, 3.63) is 47.3 Å². The number of hydrogen-bond donors (Lipinski definition) is 0. The number of carbonyl (C=O) groups is 2. The van der Waals surface area contributed by atoms with Gasteiger partial charge >= 0.3 is 11.9 Å². The van der Waals surface area contributed by atoms with E-state index in [9.17, 15) is 14.0 Å². The van der Waals surface area contributed by atoms with Crippen molar-refractivity contribution in [3.63, 3.8) is 0 Å². The van der Waals surface area contributed by atoms with Gasteiger partial charge in [0.2, 0.25) is 0 Å². The highest BCUT2D eigenvalue weighted by molar-refractivity contribution is 6.07. The molecule has 0 aliphatic carbocycles. The van der Waals surface area contributed by atoms with Gasteiger partial charge in [-0.05, 0) is 35.0 Å². The third-order valence-electron chi connectivity index (χ3n) is 2.75. The molecule has 0 saturated carbocycles. The zero-order valence-electron chi connectivity index (χ0n) is 10.4. The first-order valence-corrected chi connectivity index (χ1v) is 5.46. The summed E-state index contributed by atoms with van der Waals surface area (Å²) >= 11 is 0. The summed E-state index contributed by atoms with van der Waals surface area (Å²) in [6.07, 6.45) is 0. The summed E-state index contributed by atoms with van der Waals surface area (Å²) in [6.45, 7) is 0. The van der Waals surface area contributed by atoms with Gasteiger partial charge in [0.05, 0.1) is 25.3 Å². The summed E-state index contributed by atoms with van der Waals surface area (Å²) in [5.41, 5.74) is 0.140. The monoisotopic (exact) mass is 262 g/mol. The molecule has 0 N–H and O–H groups in total. The van der Waals surface area contributed by atoms with Crippen molar-refractivity contribution in [1.82, 2.24) is 0 Å². The Kier molecular flexibility index (Phi) is 3.46. The molecular weight excluding hydrogens is 251 g/mol. The SMILES string of the molecule is COC(=O)c1cc2ccc(F)cc2cc1C(=O)OC. The van der Waals surface area contributed by atoms with Crippen LogP contribution in [0.4, 0.5) is 4.39 Å². The van der Waals surface area contributed by atoms with Crippen molar-refractivity contribution in [2.75, 3.05) is 14.2 Å². The average Bonchev–Trinajstić information content (AvgIpc) is 2.44. The minimum absolute atomic E-state index is 0.0486. The molecule has 0 aliphatic rings. The standard InChI is InChI=1S/C14H11FO4/c1-18-13(16)11-6-8-3-4-10(15)5-9(8)7-12(11)14(17)19-2/h3-7H,1-2H3. The first kappa shape index (κ1) is 13.0. The third-order valence-corrected chi connectivity index (χ3v) is 2.75. The Morgan fingerprint density at radius 1 is 0.895 bits per heavy atom. The Hall–Kier alpha value is -2.43. The van der Waals surface area contributed by atoms with Crippen LogP contribution < -0.4 is 0 Å². The van der Waals surface area contributed by atoms with Crippen LogP contribution in [0.1, 0.15) is 20.7 Å². The van der Waals surface area contributed by atoms with Gasteiger partial charge in [-0.25, -0.2) is 14.0 Å². The summed E-state index contributed by atoms with van der Waals surface area (Å²) in [7, 11) is 2.43. The predicted octanol–water partition coefficient (Wildman–Crippen LogP) is 2.55. The highest BCUT2D eigenvalue weighted by atomic mass is 19.1. The van der Waals surface area contributed by atoms with Gasteiger partial charge in [0.1, 0.15) is 5.82 Å².